The molecule has 0 aliphatic carbocycles. The van der Waals surface area contributed by atoms with Gasteiger partial charge in [-0.3, -0.25) is 39.5 Å². The minimum Gasteiger partial charge on any atom is -0.490 e. The molecule has 12 nitrogen and oxygen atoms in total. The van der Waals surface area contributed by atoms with Crippen LogP contribution in [-0.4, -0.2) is 44.8 Å². The van der Waals surface area contributed by atoms with Crippen LogP contribution in [0.1, 0.15) is 28.4 Å². The number of hydrogen-bond donors (Lipinski definition) is 0. The number of carbonyl (C=O) groups is 3. The number of ketones is 1. The second-order valence-electron chi connectivity index (χ2n) is 8.35. The summed E-state index contributed by atoms with van der Waals surface area (Å²) < 4.78 is 11.5. The standard InChI is InChI=1S/C27H21N3O9S/c1-2-38-24-13-18(5-12-23(24)39-16-17-3-8-20(9-4-17)29(34)35)14-25-26(32)28(27(33)40-25)15-22(31)19-6-10-21(11-7-19)30(36)37/h3-14H,2,15-16H2,1H3/b25-14+. The summed E-state index contributed by atoms with van der Waals surface area (Å²) >= 11 is 0.691. The number of amides is 2. The van der Waals surface area contributed by atoms with Gasteiger partial charge in [0.25, 0.3) is 22.5 Å². The highest BCUT2D eigenvalue weighted by Gasteiger charge is 2.36. The number of nitrogens with zero attached hydrogens (tertiary/aromatic N) is 3. The molecule has 0 N–H and O–H groups in total. The van der Waals surface area contributed by atoms with Crippen molar-refractivity contribution in [2.45, 2.75) is 13.5 Å². The average molecular weight is 564 g/mol. The molecule has 0 atom stereocenters. The van der Waals surface area contributed by atoms with E-state index in [1.807, 2.05) is 0 Å². The first-order valence-corrected chi connectivity index (χ1v) is 12.6. The second-order valence-corrected chi connectivity index (χ2v) is 9.34. The van der Waals surface area contributed by atoms with Gasteiger partial charge in [-0.1, -0.05) is 6.07 Å². The first-order valence-electron chi connectivity index (χ1n) is 11.8. The van der Waals surface area contributed by atoms with Crippen LogP contribution in [0.2, 0.25) is 0 Å². The summed E-state index contributed by atoms with van der Waals surface area (Å²) in [5, 5.41) is 21.0. The molecule has 3 aromatic rings. The van der Waals surface area contributed by atoms with E-state index in [4.69, 9.17) is 9.47 Å². The SMILES string of the molecule is CCOc1cc(/C=C2/SC(=O)N(CC(=O)c3ccc([N+](=O)[O-])cc3)C2=O)ccc1OCc1ccc([N+](=O)[O-])cc1. The van der Waals surface area contributed by atoms with Crippen molar-refractivity contribution in [2.24, 2.45) is 0 Å². The molecule has 1 heterocycles. The zero-order valence-electron chi connectivity index (χ0n) is 21.0. The van der Waals surface area contributed by atoms with Gasteiger partial charge in [-0.05, 0) is 72.3 Å². The van der Waals surface area contributed by atoms with Crippen molar-refractivity contribution in [3.63, 3.8) is 0 Å². The maximum atomic E-state index is 12.9. The van der Waals surface area contributed by atoms with Gasteiger partial charge in [-0.25, -0.2) is 0 Å². The van der Waals surface area contributed by atoms with Gasteiger partial charge in [0.05, 0.1) is 27.9 Å². The number of thioether (sulfide) groups is 1. The second kappa shape index (κ2) is 12.2. The molecule has 1 aliphatic heterocycles. The van der Waals surface area contributed by atoms with Gasteiger partial charge >= 0.3 is 0 Å². The van der Waals surface area contributed by atoms with Crippen molar-refractivity contribution < 1.29 is 33.7 Å². The smallest absolute Gasteiger partial charge is 0.293 e. The third-order valence-electron chi connectivity index (χ3n) is 5.68. The number of carbonyl (C=O) groups excluding carboxylic acids is 3. The predicted octanol–water partition coefficient (Wildman–Crippen LogP) is 5.40. The minimum absolute atomic E-state index is 0.0248. The van der Waals surface area contributed by atoms with Crippen LogP contribution < -0.4 is 9.47 Å². The molecule has 0 radical (unpaired) electrons. The largest absolute Gasteiger partial charge is 0.490 e. The summed E-state index contributed by atoms with van der Waals surface area (Å²) in [5.41, 5.74) is 1.20. The predicted molar refractivity (Wildman–Crippen MR) is 145 cm³/mol. The van der Waals surface area contributed by atoms with Crippen LogP contribution in [-0.2, 0) is 11.4 Å². The molecular weight excluding hydrogens is 542 g/mol. The Balaban J connectivity index is 1.45. The summed E-state index contributed by atoms with van der Waals surface area (Å²) in [6.07, 6.45) is 1.50. The minimum atomic E-state index is -0.637. The molecule has 0 spiro atoms. The molecule has 2 amide bonds. The third-order valence-corrected chi connectivity index (χ3v) is 6.59. The van der Waals surface area contributed by atoms with E-state index in [1.54, 1.807) is 37.3 Å². The zero-order chi connectivity index (χ0) is 28.8. The van der Waals surface area contributed by atoms with Gasteiger partial charge in [-0.15, -0.1) is 0 Å². The quantitative estimate of drug-likeness (QED) is 0.128. The molecule has 0 bridgehead atoms. The summed E-state index contributed by atoms with van der Waals surface area (Å²) in [4.78, 5) is 59.5. The number of rotatable bonds is 11. The zero-order valence-corrected chi connectivity index (χ0v) is 21.8. The molecule has 1 aliphatic rings. The van der Waals surface area contributed by atoms with E-state index in [-0.39, 0.29) is 28.5 Å². The lowest BCUT2D eigenvalue weighted by Gasteiger charge is -2.13. The summed E-state index contributed by atoms with van der Waals surface area (Å²) in [6.45, 7) is 1.76. The number of nitro groups is 2. The van der Waals surface area contributed by atoms with E-state index in [2.05, 4.69) is 0 Å². The van der Waals surface area contributed by atoms with Crippen LogP contribution in [0.3, 0.4) is 0 Å². The Morgan fingerprint density at radius 3 is 2.12 bits per heavy atom. The molecule has 13 heteroatoms. The Kier molecular flexibility index (Phi) is 8.54. The monoisotopic (exact) mass is 563 g/mol. The highest BCUT2D eigenvalue weighted by Crippen LogP contribution is 2.35. The third kappa shape index (κ3) is 6.50. The lowest BCUT2D eigenvalue weighted by atomic mass is 10.1. The van der Waals surface area contributed by atoms with E-state index in [0.29, 0.717) is 41.0 Å². The molecule has 1 saturated heterocycles. The first-order chi connectivity index (χ1) is 19.2. The molecule has 0 saturated carbocycles. The highest BCUT2D eigenvalue weighted by molar-refractivity contribution is 8.18. The molecular formula is C27H21N3O9S. The Labute approximate surface area is 231 Å². The van der Waals surface area contributed by atoms with Gasteiger partial charge in [0.1, 0.15) is 6.61 Å². The van der Waals surface area contributed by atoms with Crippen molar-refractivity contribution in [3.05, 3.63) is 109 Å². The molecule has 0 unspecified atom stereocenters. The van der Waals surface area contributed by atoms with Gasteiger partial charge in [-0.2, -0.15) is 0 Å². The van der Waals surface area contributed by atoms with Crippen LogP contribution >= 0.6 is 11.8 Å². The van der Waals surface area contributed by atoms with E-state index >= 15 is 0 Å². The van der Waals surface area contributed by atoms with E-state index in [9.17, 15) is 34.6 Å². The van der Waals surface area contributed by atoms with Gasteiger partial charge in [0.15, 0.2) is 17.3 Å². The lowest BCUT2D eigenvalue weighted by Crippen LogP contribution is -2.33. The number of nitro benzene ring substituents is 2. The maximum absolute atomic E-state index is 12.9. The molecule has 3 aromatic carbocycles. The Hall–Kier alpha value is -5.04. The molecule has 40 heavy (non-hydrogen) atoms. The molecule has 204 valence electrons. The van der Waals surface area contributed by atoms with Crippen LogP contribution in [0.25, 0.3) is 6.08 Å². The van der Waals surface area contributed by atoms with Crippen molar-refractivity contribution in [1.82, 2.24) is 4.90 Å². The topological polar surface area (TPSA) is 159 Å². The molecule has 1 fully saturated rings. The number of Topliss-reactive ketones (excluding diaryl/α,β-unsaturated/α-hetero) is 1. The Morgan fingerprint density at radius 2 is 1.52 bits per heavy atom. The number of ether oxygens (including phenoxy) is 2. The fourth-order valence-corrected chi connectivity index (χ4v) is 4.51. The Morgan fingerprint density at radius 1 is 0.900 bits per heavy atom. The average Bonchev–Trinajstić information content (AvgIpc) is 3.20. The summed E-state index contributed by atoms with van der Waals surface area (Å²) in [7, 11) is 0. The lowest BCUT2D eigenvalue weighted by molar-refractivity contribution is -0.385. The number of non-ortho nitro benzene ring substituents is 2. The van der Waals surface area contributed by atoms with E-state index in [1.165, 1.54) is 42.5 Å². The van der Waals surface area contributed by atoms with Crippen molar-refractivity contribution >= 4 is 46.1 Å². The Bertz CT molecular complexity index is 1520. The van der Waals surface area contributed by atoms with E-state index < -0.39 is 33.3 Å². The number of imide groups is 1. The van der Waals surface area contributed by atoms with Gasteiger partial charge < -0.3 is 9.47 Å². The molecule has 0 aromatic heterocycles. The first kappa shape index (κ1) is 28.0. The van der Waals surface area contributed by atoms with Crippen LogP contribution in [0.15, 0.2) is 71.6 Å². The number of benzene rings is 3. The van der Waals surface area contributed by atoms with E-state index in [0.717, 1.165) is 4.90 Å². The highest BCUT2D eigenvalue weighted by atomic mass is 32.2. The normalized spacial score (nSPS) is 13.9. The van der Waals surface area contributed by atoms with Crippen LogP contribution in [0.4, 0.5) is 16.2 Å². The fourth-order valence-electron chi connectivity index (χ4n) is 3.67. The molecule has 4 rings (SSSR count). The van der Waals surface area contributed by atoms with Crippen molar-refractivity contribution in [2.75, 3.05) is 13.2 Å². The summed E-state index contributed by atoms with van der Waals surface area (Å²) in [5.74, 6) is -0.363. The van der Waals surface area contributed by atoms with Crippen molar-refractivity contribution in [1.29, 1.82) is 0 Å². The fraction of sp³-hybridized carbons (Fsp3) is 0.148. The summed E-state index contributed by atoms with van der Waals surface area (Å²) in [6, 6.07) is 15.8. The van der Waals surface area contributed by atoms with Crippen LogP contribution in [0.5, 0.6) is 11.5 Å². The maximum Gasteiger partial charge on any atom is 0.293 e. The van der Waals surface area contributed by atoms with Gasteiger partial charge in [0, 0.05) is 29.8 Å². The number of hydrogen-bond acceptors (Lipinski definition) is 10. The van der Waals surface area contributed by atoms with Crippen LogP contribution in [0, 0.1) is 20.2 Å². The van der Waals surface area contributed by atoms with Crippen molar-refractivity contribution in [3.8, 4) is 11.5 Å². The van der Waals surface area contributed by atoms with Gasteiger partial charge in [0.2, 0.25) is 0 Å².